The van der Waals surface area contributed by atoms with Gasteiger partial charge in [-0.1, -0.05) is 12.2 Å². The smallest absolute Gasteiger partial charge is 0.395 e. The van der Waals surface area contributed by atoms with Crippen LogP contribution in [0.3, 0.4) is 0 Å². The topological polar surface area (TPSA) is 75.3 Å². The van der Waals surface area contributed by atoms with Crippen molar-refractivity contribution in [2.75, 3.05) is 24.6 Å². The molecule has 0 amide bonds. The average molecular weight is 308 g/mol. The number of aryl methyl sites for hydroxylation is 1. The van der Waals surface area contributed by atoms with Crippen LogP contribution in [0.5, 0.6) is 0 Å². The molecule has 0 bridgehead atoms. The highest BCUT2D eigenvalue weighted by atomic mass is 32.1. The summed E-state index contributed by atoms with van der Waals surface area (Å²) in [6.07, 6.45) is -4.44. The molecule has 0 atom stereocenters. The molecule has 0 aliphatic rings. The van der Waals surface area contributed by atoms with Gasteiger partial charge in [0.15, 0.2) is 5.82 Å². The predicted molar refractivity (Wildman–Crippen MR) is 72.7 cm³/mol. The zero-order chi connectivity index (χ0) is 15.5. The molecule has 0 aliphatic carbocycles. The quantitative estimate of drug-likeness (QED) is 0.793. The van der Waals surface area contributed by atoms with Crippen LogP contribution in [0.15, 0.2) is 0 Å². The number of anilines is 1. The van der Waals surface area contributed by atoms with E-state index in [2.05, 4.69) is 10.2 Å². The fraction of sp³-hybridized carbons (Fsp3) is 0.545. The maximum absolute atomic E-state index is 12.6. The van der Waals surface area contributed by atoms with Crippen LogP contribution in [0, 0.1) is 13.8 Å². The molecule has 0 radical (unpaired) electrons. The van der Waals surface area contributed by atoms with Crippen molar-refractivity contribution in [2.45, 2.75) is 20.0 Å². The number of aliphatic hydroxyl groups is 1. The molecule has 1 aromatic heterocycles. The summed E-state index contributed by atoms with van der Waals surface area (Å²) in [4.78, 5) is 0.814. The van der Waals surface area contributed by atoms with E-state index in [-0.39, 0.29) is 22.9 Å². The Morgan fingerprint density at radius 3 is 2.40 bits per heavy atom. The summed E-state index contributed by atoms with van der Waals surface area (Å²) >= 11 is 4.88. The van der Waals surface area contributed by atoms with E-state index >= 15 is 0 Å². The standard InChI is InChI=1S/C11H15F3N4OS/c1-6-7(2)16-17-10(8(6)9(15)20)18(3-4-19)5-11(12,13)14/h19H,3-5H2,1-2H3,(H2,15,20). The molecule has 9 heteroatoms. The van der Waals surface area contributed by atoms with Gasteiger partial charge in [-0.3, -0.25) is 0 Å². The molecular formula is C11H15F3N4OS. The first-order chi connectivity index (χ1) is 9.17. The zero-order valence-corrected chi connectivity index (χ0v) is 11.8. The lowest BCUT2D eigenvalue weighted by atomic mass is 10.1. The van der Waals surface area contributed by atoms with Gasteiger partial charge in [0.1, 0.15) is 11.5 Å². The van der Waals surface area contributed by atoms with E-state index in [0.29, 0.717) is 11.3 Å². The number of thiocarbonyl (C=S) groups is 1. The minimum atomic E-state index is -4.44. The van der Waals surface area contributed by atoms with Gasteiger partial charge in [0.2, 0.25) is 0 Å². The van der Waals surface area contributed by atoms with E-state index in [1.165, 1.54) is 0 Å². The molecule has 112 valence electrons. The van der Waals surface area contributed by atoms with Crippen molar-refractivity contribution in [3.05, 3.63) is 16.8 Å². The normalized spacial score (nSPS) is 11.5. The van der Waals surface area contributed by atoms with E-state index in [1.54, 1.807) is 13.8 Å². The van der Waals surface area contributed by atoms with Crippen molar-refractivity contribution in [1.82, 2.24) is 10.2 Å². The van der Waals surface area contributed by atoms with Gasteiger partial charge in [-0.05, 0) is 19.4 Å². The van der Waals surface area contributed by atoms with Gasteiger partial charge in [-0.15, -0.1) is 5.10 Å². The molecule has 0 unspecified atom stereocenters. The number of hydrogen-bond donors (Lipinski definition) is 2. The van der Waals surface area contributed by atoms with Crippen molar-refractivity contribution in [1.29, 1.82) is 0 Å². The molecule has 3 N–H and O–H groups in total. The Morgan fingerprint density at radius 1 is 1.35 bits per heavy atom. The third-order valence-corrected chi connectivity index (χ3v) is 2.93. The summed E-state index contributed by atoms with van der Waals surface area (Å²) in [5.74, 6) is -0.0630. The highest BCUT2D eigenvalue weighted by Gasteiger charge is 2.33. The van der Waals surface area contributed by atoms with E-state index in [1.807, 2.05) is 0 Å². The largest absolute Gasteiger partial charge is 0.405 e. The molecule has 1 rings (SSSR count). The van der Waals surface area contributed by atoms with Crippen LogP contribution in [-0.4, -0.2) is 46.2 Å². The first-order valence-electron chi connectivity index (χ1n) is 5.73. The molecule has 20 heavy (non-hydrogen) atoms. The number of aromatic nitrogens is 2. The second-order valence-corrected chi connectivity index (χ2v) is 4.67. The summed E-state index contributed by atoms with van der Waals surface area (Å²) in [6.45, 7) is 1.36. The second kappa shape index (κ2) is 6.31. The lowest BCUT2D eigenvalue weighted by molar-refractivity contribution is -0.120. The van der Waals surface area contributed by atoms with Crippen LogP contribution in [0.4, 0.5) is 19.0 Å². The van der Waals surface area contributed by atoms with Crippen LogP contribution in [0.25, 0.3) is 0 Å². The number of nitrogens with two attached hydrogens (primary N) is 1. The van der Waals surface area contributed by atoms with Gasteiger partial charge in [0.05, 0.1) is 17.9 Å². The average Bonchev–Trinajstić information content (AvgIpc) is 2.29. The lowest BCUT2D eigenvalue weighted by Crippen LogP contribution is -2.38. The molecule has 0 fully saturated rings. The number of alkyl halides is 3. The third-order valence-electron chi connectivity index (χ3n) is 2.72. The maximum atomic E-state index is 12.6. The van der Waals surface area contributed by atoms with Gasteiger partial charge in [-0.2, -0.15) is 18.3 Å². The molecule has 0 saturated heterocycles. The first kappa shape index (κ1) is 16.6. The number of aliphatic hydroxyl groups excluding tert-OH is 1. The van der Waals surface area contributed by atoms with Gasteiger partial charge < -0.3 is 15.7 Å². The Bertz CT molecular complexity index is 507. The Hall–Kier alpha value is -1.48. The van der Waals surface area contributed by atoms with Gasteiger partial charge in [-0.25, -0.2) is 0 Å². The SMILES string of the molecule is Cc1nnc(N(CCO)CC(F)(F)F)c(C(N)=S)c1C. The molecule has 0 spiro atoms. The molecule has 1 aromatic rings. The molecule has 1 heterocycles. The van der Waals surface area contributed by atoms with Gasteiger partial charge in [0, 0.05) is 6.54 Å². The number of nitrogens with zero attached hydrogens (tertiary/aromatic N) is 3. The lowest BCUT2D eigenvalue weighted by Gasteiger charge is -2.26. The summed E-state index contributed by atoms with van der Waals surface area (Å²) < 4.78 is 37.8. The van der Waals surface area contributed by atoms with E-state index in [0.717, 1.165) is 4.90 Å². The minimum Gasteiger partial charge on any atom is -0.395 e. The van der Waals surface area contributed by atoms with E-state index in [9.17, 15) is 13.2 Å². The maximum Gasteiger partial charge on any atom is 0.405 e. The fourth-order valence-electron chi connectivity index (χ4n) is 1.71. The van der Waals surface area contributed by atoms with Crippen LogP contribution >= 0.6 is 12.2 Å². The molecule has 5 nitrogen and oxygen atoms in total. The van der Waals surface area contributed by atoms with Crippen molar-refractivity contribution in [3.63, 3.8) is 0 Å². The highest BCUT2D eigenvalue weighted by molar-refractivity contribution is 7.80. The summed E-state index contributed by atoms with van der Waals surface area (Å²) in [7, 11) is 0. The highest BCUT2D eigenvalue weighted by Crippen LogP contribution is 2.25. The van der Waals surface area contributed by atoms with E-state index < -0.39 is 19.3 Å². The Labute approximate surface area is 119 Å². The van der Waals surface area contributed by atoms with Crippen molar-refractivity contribution in [3.8, 4) is 0 Å². The van der Waals surface area contributed by atoms with E-state index in [4.69, 9.17) is 23.1 Å². The van der Waals surface area contributed by atoms with Crippen molar-refractivity contribution in [2.24, 2.45) is 5.73 Å². The van der Waals surface area contributed by atoms with Crippen LogP contribution in [-0.2, 0) is 0 Å². The van der Waals surface area contributed by atoms with Crippen LogP contribution in [0.2, 0.25) is 0 Å². The van der Waals surface area contributed by atoms with Crippen LogP contribution < -0.4 is 10.6 Å². The third kappa shape index (κ3) is 4.01. The number of halogens is 3. The Kier molecular flexibility index (Phi) is 5.23. The van der Waals surface area contributed by atoms with Crippen LogP contribution in [0.1, 0.15) is 16.8 Å². The number of hydrogen-bond acceptors (Lipinski definition) is 5. The fourth-order valence-corrected chi connectivity index (χ4v) is 1.95. The second-order valence-electron chi connectivity index (χ2n) is 4.23. The van der Waals surface area contributed by atoms with Gasteiger partial charge in [0.25, 0.3) is 0 Å². The monoisotopic (exact) mass is 308 g/mol. The molecular weight excluding hydrogens is 293 g/mol. The first-order valence-corrected chi connectivity index (χ1v) is 6.14. The van der Waals surface area contributed by atoms with Crippen molar-refractivity contribution < 1.29 is 18.3 Å². The molecule has 0 saturated carbocycles. The summed E-state index contributed by atoms with van der Waals surface area (Å²) in [5.41, 5.74) is 6.94. The Morgan fingerprint density at radius 2 is 1.95 bits per heavy atom. The molecule has 0 aromatic carbocycles. The van der Waals surface area contributed by atoms with Gasteiger partial charge >= 0.3 is 6.18 Å². The van der Waals surface area contributed by atoms with Crippen molar-refractivity contribution >= 4 is 23.0 Å². The predicted octanol–water partition coefficient (Wildman–Crippen LogP) is 1.09. The Balaban J connectivity index is 3.33. The molecule has 0 aliphatic heterocycles. The zero-order valence-electron chi connectivity index (χ0n) is 11.0. The summed E-state index contributed by atoms with van der Waals surface area (Å²) in [5, 5.41) is 16.5. The number of rotatable bonds is 5. The summed E-state index contributed by atoms with van der Waals surface area (Å²) in [6, 6.07) is 0. The minimum absolute atomic E-state index is 0.0550.